The lowest BCUT2D eigenvalue weighted by Crippen LogP contribution is -2.50. The SMILES string of the molecule is Cc1cccc(CN2C(=O)C3(SCCN3C(=O)C3CC3)c3cc(C)ccc32)c1. The Morgan fingerprint density at radius 3 is 2.68 bits per heavy atom. The molecule has 0 radical (unpaired) electrons. The zero-order valence-electron chi connectivity index (χ0n) is 16.3. The number of hydrogen-bond donors (Lipinski definition) is 0. The van der Waals surface area contributed by atoms with Crippen LogP contribution < -0.4 is 4.90 Å². The van der Waals surface area contributed by atoms with E-state index in [2.05, 4.69) is 37.3 Å². The van der Waals surface area contributed by atoms with E-state index in [9.17, 15) is 9.59 Å². The summed E-state index contributed by atoms with van der Waals surface area (Å²) in [7, 11) is 0. The first-order valence-electron chi connectivity index (χ1n) is 9.95. The van der Waals surface area contributed by atoms with Gasteiger partial charge in [-0.1, -0.05) is 47.5 Å². The van der Waals surface area contributed by atoms with Crippen molar-refractivity contribution in [3.05, 3.63) is 64.7 Å². The molecular formula is C23H24N2O2S. The van der Waals surface area contributed by atoms with Crippen molar-refractivity contribution in [1.82, 2.24) is 4.90 Å². The minimum absolute atomic E-state index is 0.0334. The second kappa shape index (κ2) is 6.38. The third kappa shape index (κ3) is 2.60. The monoisotopic (exact) mass is 392 g/mol. The van der Waals surface area contributed by atoms with Crippen molar-refractivity contribution in [2.24, 2.45) is 5.92 Å². The molecule has 0 bridgehead atoms. The summed E-state index contributed by atoms with van der Waals surface area (Å²) in [6.45, 7) is 5.30. The van der Waals surface area contributed by atoms with Gasteiger partial charge in [0.2, 0.25) is 5.91 Å². The van der Waals surface area contributed by atoms with Gasteiger partial charge in [0.05, 0.1) is 12.2 Å². The molecule has 2 aromatic carbocycles. The van der Waals surface area contributed by atoms with Gasteiger partial charge < -0.3 is 9.80 Å². The molecule has 2 amide bonds. The van der Waals surface area contributed by atoms with Crippen molar-refractivity contribution in [3.63, 3.8) is 0 Å². The minimum Gasteiger partial charge on any atom is -0.315 e. The van der Waals surface area contributed by atoms with E-state index in [-0.39, 0.29) is 17.7 Å². The molecule has 1 unspecified atom stereocenters. The van der Waals surface area contributed by atoms with E-state index in [1.165, 1.54) is 5.56 Å². The number of aryl methyl sites for hydroxylation is 2. The molecule has 1 aliphatic carbocycles. The highest BCUT2D eigenvalue weighted by atomic mass is 32.2. The maximum atomic E-state index is 13.9. The number of carbonyl (C=O) groups excluding carboxylic acids is 2. The first-order chi connectivity index (χ1) is 13.5. The molecule has 5 heteroatoms. The number of rotatable bonds is 3. The van der Waals surface area contributed by atoms with E-state index >= 15 is 0 Å². The fraction of sp³-hybridized carbons (Fsp3) is 0.391. The zero-order valence-corrected chi connectivity index (χ0v) is 17.1. The molecule has 1 atom stereocenters. The van der Waals surface area contributed by atoms with E-state index in [4.69, 9.17) is 0 Å². The van der Waals surface area contributed by atoms with Crippen LogP contribution in [0.25, 0.3) is 0 Å². The van der Waals surface area contributed by atoms with Crippen LogP contribution in [-0.4, -0.2) is 29.0 Å². The van der Waals surface area contributed by atoms with E-state index in [0.717, 1.165) is 41.0 Å². The number of hydrogen-bond acceptors (Lipinski definition) is 3. The summed E-state index contributed by atoms with van der Waals surface area (Å²) >= 11 is 1.62. The number of benzene rings is 2. The highest BCUT2D eigenvalue weighted by molar-refractivity contribution is 8.01. The lowest BCUT2D eigenvalue weighted by molar-refractivity contribution is -0.141. The molecule has 1 spiro atoms. The number of amides is 2. The van der Waals surface area contributed by atoms with Crippen molar-refractivity contribution < 1.29 is 9.59 Å². The average molecular weight is 393 g/mol. The van der Waals surface area contributed by atoms with Crippen LogP contribution in [0.3, 0.4) is 0 Å². The van der Waals surface area contributed by atoms with Gasteiger partial charge in [0.25, 0.3) is 5.91 Å². The molecule has 3 aliphatic rings. The molecule has 1 saturated carbocycles. The minimum atomic E-state index is -0.884. The van der Waals surface area contributed by atoms with Gasteiger partial charge in [0, 0.05) is 23.8 Å². The Morgan fingerprint density at radius 2 is 1.93 bits per heavy atom. The molecule has 0 aromatic heterocycles. The van der Waals surface area contributed by atoms with Gasteiger partial charge in [-0.3, -0.25) is 9.59 Å². The first kappa shape index (κ1) is 17.8. The Kier molecular flexibility index (Phi) is 4.05. The third-order valence-electron chi connectivity index (χ3n) is 5.96. The molecule has 28 heavy (non-hydrogen) atoms. The summed E-state index contributed by atoms with van der Waals surface area (Å²) in [6, 6.07) is 14.5. The molecule has 4 nitrogen and oxygen atoms in total. The standard InChI is InChI=1S/C23H24N2O2S/c1-15-4-3-5-17(12-15)14-24-20-9-6-16(2)13-19(20)23(22(24)27)25(10-11-28-23)21(26)18-7-8-18/h3-6,9,12-13,18H,7-8,10-11,14H2,1-2H3. The number of anilines is 1. The van der Waals surface area contributed by atoms with Gasteiger partial charge in [0.15, 0.2) is 4.87 Å². The Morgan fingerprint density at radius 1 is 1.14 bits per heavy atom. The Balaban J connectivity index is 1.60. The maximum absolute atomic E-state index is 13.9. The average Bonchev–Trinajstić information content (AvgIpc) is 3.39. The smallest absolute Gasteiger partial charge is 0.268 e. The van der Waals surface area contributed by atoms with Crippen molar-refractivity contribution >= 4 is 29.3 Å². The number of nitrogens with zero attached hydrogens (tertiary/aromatic N) is 2. The molecule has 1 saturated heterocycles. The van der Waals surface area contributed by atoms with Crippen molar-refractivity contribution in [3.8, 4) is 0 Å². The summed E-state index contributed by atoms with van der Waals surface area (Å²) in [5, 5.41) is 0. The predicted molar refractivity (Wildman–Crippen MR) is 112 cm³/mol. The highest BCUT2D eigenvalue weighted by Gasteiger charge is 2.60. The molecule has 144 valence electrons. The topological polar surface area (TPSA) is 40.6 Å². The molecule has 2 fully saturated rings. The molecule has 5 rings (SSSR count). The number of carbonyl (C=O) groups is 2. The number of thioether (sulfide) groups is 1. The van der Waals surface area contributed by atoms with Crippen LogP contribution in [0.15, 0.2) is 42.5 Å². The Labute approximate surface area is 169 Å². The fourth-order valence-corrected chi connectivity index (χ4v) is 5.91. The second-order valence-corrected chi connectivity index (χ2v) is 9.45. The van der Waals surface area contributed by atoms with Crippen LogP contribution in [0.5, 0.6) is 0 Å². The molecule has 2 aliphatic heterocycles. The van der Waals surface area contributed by atoms with E-state index in [1.807, 2.05) is 28.9 Å². The first-order valence-corrected chi connectivity index (χ1v) is 10.9. The van der Waals surface area contributed by atoms with Crippen LogP contribution in [0.1, 0.15) is 35.1 Å². The van der Waals surface area contributed by atoms with Crippen molar-refractivity contribution in [1.29, 1.82) is 0 Å². The van der Waals surface area contributed by atoms with Gasteiger partial charge in [-0.2, -0.15) is 0 Å². The fourth-order valence-electron chi connectivity index (χ4n) is 4.45. The summed E-state index contributed by atoms with van der Waals surface area (Å²) in [4.78, 5) is 29.8. The quantitative estimate of drug-likeness (QED) is 0.793. The Bertz CT molecular complexity index is 984. The maximum Gasteiger partial charge on any atom is 0.268 e. The third-order valence-corrected chi connectivity index (χ3v) is 7.38. The second-order valence-electron chi connectivity index (χ2n) is 8.16. The lowest BCUT2D eigenvalue weighted by Gasteiger charge is -2.33. The van der Waals surface area contributed by atoms with Gasteiger partial charge in [-0.05, 0) is 38.3 Å². The van der Waals surface area contributed by atoms with Gasteiger partial charge in [0.1, 0.15) is 0 Å². The van der Waals surface area contributed by atoms with Gasteiger partial charge in [-0.25, -0.2) is 0 Å². The lowest BCUT2D eigenvalue weighted by atomic mass is 10.0. The van der Waals surface area contributed by atoms with Crippen LogP contribution in [0.2, 0.25) is 0 Å². The Hall–Kier alpha value is -2.27. The van der Waals surface area contributed by atoms with E-state index < -0.39 is 4.87 Å². The van der Waals surface area contributed by atoms with Gasteiger partial charge in [-0.15, -0.1) is 11.8 Å². The summed E-state index contributed by atoms with van der Waals surface area (Å²) in [5.74, 6) is 1.10. The predicted octanol–water partition coefficient (Wildman–Crippen LogP) is 3.99. The highest BCUT2D eigenvalue weighted by Crippen LogP contribution is 2.55. The molecule has 0 N–H and O–H groups in total. The van der Waals surface area contributed by atoms with Crippen LogP contribution >= 0.6 is 11.8 Å². The molecular weight excluding hydrogens is 368 g/mol. The summed E-state index contributed by atoms with van der Waals surface area (Å²) < 4.78 is 0. The van der Waals surface area contributed by atoms with Crippen LogP contribution in [0.4, 0.5) is 5.69 Å². The van der Waals surface area contributed by atoms with E-state index in [1.54, 1.807) is 11.8 Å². The normalized spacial score (nSPS) is 23.6. The molecule has 2 aromatic rings. The zero-order chi connectivity index (χ0) is 19.5. The largest absolute Gasteiger partial charge is 0.315 e. The van der Waals surface area contributed by atoms with Crippen LogP contribution in [-0.2, 0) is 21.0 Å². The number of fused-ring (bicyclic) bond motifs is 2. The summed E-state index contributed by atoms with van der Waals surface area (Å²) in [6.07, 6.45) is 1.91. The van der Waals surface area contributed by atoms with Gasteiger partial charge >= 0.3 is 0 Å². The van der Waals surface area contributed by atoms with E-state index in [0.29, 0.717) is 13.1 Å². The van der Waals surface area contributed by atoms with Crippen molar-refractivity contribution in [2.75, 3.05) is 17.2 Å². The van der Waals surface area contributed by atoms with Crippen LogP contribution in [0, 0.1) is 19.8 Å². The molecule has 2 heterocycles. The van der Waals surface area contributed by atoms with Crippen molar-refractivity contribution in [2.45, 2.75) is 38.1 Å². The summed E-state index contributed by atoms with van der Waals surface area (Å²) in [5.41, 5.74) is 5.35.